The van der Waals surface area contributed by atoms with Gasteiger partial charge in [-0.1, -0.05) is 47.7 Å². The van der Waals surface area contributed by atoms with Crippen LogP contribution in [0, 0.1) is 0 Å². The average molecular weight is 398 g/mol. The fourth-order valence-electron chi connectivity index (χ4n) is 3.67. The van der Waals surface area contributed by atoms with Gasteiger partial charge in [-0.3, -0.25) is 0 Å². The molecule has 0 aliphatic carbocycles. The molecule has 0 saturated heterocycles. The van der Waals surface area contributed by atoms with Crippen molar-refractivity contribution in [2.75, 3.05) is 11.9 Å². The van der Waals surface area contributed by atoms with Crippen molar-refractivity contribution in [1.29, 1.82) is 0 Å². The highest BCUT2D eigenvalue weighted by Crippen LogP contribution is 2.32. The first-order chi connectivity index (χ1) is 14.2. The highest BCUT2D eigenvalue weighted by molar-refractivity contribution is 7.18. The molecule has 0 saturated carbocycles. The van der Waals surface area contributed by atoms with Crippen LogP contribution < -0.4 is 9.47 Å². The topological polar surface area (TPSA) is 20.3 Å². The number of furan rings is 1. The third-order valence-electron chi connectivity index (χ3n) is 5.28. The molecular weight excluding hydrogens is 376 g/mol. The number of aryl methyl sites for hydroxylation is 1. The first-order valence-corrected chi connectivity index (χ1v) is 10.4. The monoisotopic (exact) mass is 397 g/mol. The predicted octanol–water partition coefficient (Wildman–Crippen LogP) is 5.91. The van der Waals surface area contributed by atoms with Crippen molar-refractivity contribution in [2.24, 2.45) is 7.05 Å². The molecule has 0 amide bonds. The van der Waals surface area contributed by atoms with E-state index in [0.29, 0.717) is 0 Å². The van der Waals surface area contributed by atoms with E-state index >= 15 is 0 Å². The zero-order chi connectivity index (χ0) is 19.8. The Labute approximate surface area is 174 Å². The number of rotatable bonds is 3. The van der Waals surface area contributed by atoms with E-state index in [2.05, 4.69) is 96.4 Å². The van der Waals surface area contributed by atoms with E-state index in [9.17, 15) is 0 Å². The maximum absolute atomic E-state index is 5.77. The van der Waals surface area contributed by atoms with Crippen molar-refractivity contribution in [3.8, 4) is 0 Å². The first kappa shape index (κ1) is 17.7. The summed E-state index contributed by atoms with van der Waals surface area (Å²) in [6.45, 7) is 0. The average Bonchev–Trinajstić information content (AvgIpc) is 3.39. The molecule has 1 aliphatic heterocycles. The highest BCUT2D eigenvalue weighted by Gasteiger charge is 2.18. The second-order valence-electron chi connectivity index (χ2n) is 7.06. The highest BCUT2D eigenvalue weighted by atomic mass is 32.1. The minimum absolute atomic E-state index is 0.857. The minimum Gasteiger partial charge on any atom is -0.464 e. The number of thiazole rings is 1. The van der Waals surface area contributed by atoms with Gasteiger partial charge in [0.1, 0.15) is 17.5 Å². The SMILES string of the molecule is CN1/C(=C/C(=C/c2sc3ccccc3[n+]2C)c2ccco2)C=Cc2ccccc21. The van der Waals surface area contributed by atoms with E-state index in [1.807, 2.05) is 12.1 Å². The number of hydrogen-bond donors (Lipinski definition) is 0. The third kappa shape index (κ3) is 3.22. The van der Waals surface area contributed by atoms with Gasteiger partial charge in [-0.2, -0.15) is 4.57 Å². The number of anilines is 1. The fraction of sp³-hybridized carbons (Fsp3) is 0.0800. The van der Waals surface area contributed by atoms with Crippen LogP contribution in [0.2, 0.25) is 0 Å². The summed E-state index contributed by atoms with van der Waals surface area (Å²) >= 11 is 1.78. The van der Waals surface area contributed by atoms with Crippen LogP contribution in [0.1, 0.15) is 16.3 Å². The molecule has 0 unspecified atom stereocenters. The molecule has 0 spiro atoms. The van der Waals surface area contributed by atoms with Crippen molar-refractivity contribution >= 4 is 45.0 Å². The van der Waals surface area contributed by atoms with Gasteiger partial charge in [0, 0.05) is 36.1 Å². The number of hydrogen-bond acceptors (Lipinski definition) is 3. The van der Waals surface area contributed by atoms with Crippen LogP contribution in [0.25, 0.3) is 27.9 Å². The summed E-state index contributed by atoms with van der Waals surface area (Å²) < 4.78 is 9.28. The Morgan fingerprint density at radius 1 is 1.00 bits per heavy atom. The normalized spacial score (nSPS) is 15.3. The molecule has 0 radical (unpaired) electrons. The third-order valence-corrected chi connectivity index (χ3v) is 6.44. The van der Waals surface area contributed by atoms with Crippen LogP contribution in [-0.4, -0.2) is 7.05 Å². The Morgan fingerprint density at radius 2 is 1.83 bits per heavy atom. The molecule has 3 heterocycles. The summed E-state index contributed by atoms with van der Waals surface area (Å²) in [5.41, 5.74) is 5.83. The van der Waals surface area contributed by atoms with Crippen molar-refractivity contribution in [2.45, 2.75) is 0 Å². The molecule has 2 aromatic heterocycles. The van der Waals surface area contributed by atoms with Crippen molar-refractivity contribution in [3.63, 3.8) is 0 Å². The van der Waals surface area contributed by atoms with E-state index in [-0.39, 0.29) is 0 Å². The Balaban J connectivity index is 1.63. The maximum Gasteiger partial charge on any atom is 0.263 e. The number of allylic oxidation sites excluding steroid dienone is 3. The largest absolute Gasteiger partial charge is 0.464 e. The summed E-state index contributed by atoms with van der Waals surface area (Å²) in [5.74, 6) is 0.857. The number of likely N-dealkylation sites (N-methyl/N-ethyl adjacent to an activating group) is 1. The molecule has 0 atom stereocenters. The molecule has 4 heteroatoms. The van der Waals surface area contributed by atoms with Gasteiger partial charge < -0.3 is 9.32 Å². The van der Waals surface area contributed by atoms with E-state index < -0.39 is 0 Å². The van der Waals surface area contributed by atoms with Gasteiger partial charge in [0.25, 0.3) is 5.01 Å². The molecule has 2 aromatic carbocycles. The summed E-state index contributed by atoms with van der Waals surface area (Å²) in [6, 6.07) is 20.9. The minimum atomic E-state index is 0.857. The van der Waals surface area contributed by atoms with Crippen LogP contribution in [0.4, 0.5) is 5.69 Å². The summed E-state index contributed by atoms with van der Waals surface area (Å²) in [4.78, 5) is 2.22. The number of nitrogens with zero attached hydrogens (tertiary/aromatic N) is 2. The van der Waals surface area contributed by atoms with Gasteiger partial charge >= 0.3 is 0 Å². The smallest absolute Gasteiger partial charge is 0.263 e. The van der Waals surface area contributed by atoms with Gasteiger partial charge in [-0.05, 0) is 42.0 Å². The molecule has 0 bridgehead atoms. The molecule has 0 fully saturated rings. The second-order valence-corrected chi connectivity index (χ2v) is 8.13. The van der Waals surface area contributed by atoms with Crippen LogP contribution in [0.5, 0.6) is 0 Å². The lowest BCUT2D eigenvalue weighted by atomic mass is 10.0. The lowest BCUT2D eigenvalue weighted by Crippen LogP contribution is -2.28. The number of benzene rings is 2. The Hall–Kier alpha value is -3.37. The van der Waals surface area contributed by atoms with Crippen LogP contribution >= 0.6 is 11.3 Å². The molecule has 0 N–H and O–H groups in total. The Kier molecular flexibility index (Phi) is 4.41. The Morgan fingerprint density at radius 3 is 2.66 bits per heavy atom. The van der Waals surface area contributed by atoms with E-state index in [0.717, 1.165) is 17.0 Å². The van der Waals surface area contributed by atoms with Crippen LogP contribution in [-0.2, 0) is 7.05 Å². The Bertz CT molecular complexity index is 1280. The summed E-state index contributed by atoms with van der Waals surface area (Å²) in [5, 5.41) is 1.18. The molecule has 5 rings (SSSR count). The van der Waals surface area contributed by atoms with E-state index in [1.165, 1.54) is 26.5 Å². The first-order valence-electron chi connectivity index (χ1n) is 9.56. The molecular formula is C25H21N2OS+. The van der Waals surface area contributed by atoms with Crippen molar-refractivity contribution < 1.29 is 8.98 Å². The number of fused-ring (bicyclic) bond motifs is 2. The van der Waals surface area contributed by atoms with Crippen molar-refractivity contribution in [1.82, 2.24) is 0 Å². The quantitative estimate of drug-likeness (QED) is 0.401. The molecule has 1 aliphatic rings. The number of para-hydroxylation sites is 2. The zero-order valence-electron chi connectivity index (χ0n) is 16.4. The number of aromatic nitrogens is 1. The second kappa shape index (κ2) is 7.22. The van der Waals surface area contributed by atoms with E-state index in [1.54, 1.807) is 17.6 Å². The van der Waals surface area contributed by atoms with E-state index in [4.69, 9.17) is 4.42 Å². The van der Waals surface area contributed by atoms with Crippen LogP contribution in [0.15, 0.2) is 89.2 Å². The zero-order valence-corrected chi connectivity index (χ0v) is 17.2. The molecule has 3 nitrogen and oxygen atoms in total. The standard InChI is InChI=1S/C25H21N2OS/c1-26-20(14-13-18-8-3-4-9-21(18)26)16-19(23-11-7-15-28-23)17-25-27(2)22-10-5-6-12-24(22)29-25/h3-17H,1-2H3/q+1. The van der Waals surface area contributed by atoms with Gasteiger partial charge in [0.15, 0.2) is 0 Å². The van der Waals surface area contributed by atoms with Crippen LogP contribution in [0.3, 0.4) is 0 Å². The predicted molar refractivity (Wildman–Crippen MR) is 122 cm³/mol. The summed E-state index contributed by atoms with van der Waals surface area (Å²) in [7, 11) is 4.22. The molecule has 142 valence electrons. The van der Waals surface area contributed by atoms with Gasteiger partial charge in [-0.25, -0.2) is 0 Å². The van der Waals surface area contributed by atoms with Gasteiger partial charge in [0.05, 0.1) is 6.26 Å². The molecule has 4 aromatic rings. The lowest BCUT2D eigenvalue weighted by molar-refractivity contribution is -0.642. The fourth-order valence-corrected chi connectivity index (χ4v) is 4.77. The van der Waals surface area contributed by atoms with Gasteiger partial charge in [-0.15, -0.1) is 0 Å². The lowest BCUT2D eigenvalue weighted by Gasteiger charge is -2.26. The summed E-state index contributed by atoms with van der Waals surface area (Å²) in [6.07, 6.45) is 10.4. The maximum atomic E-state index is 5.77. The molecule has 29 heavy (non-hydrogen) atoms. The van der Waals surface area contributed by atoms with Gasteiger partial charge in [0.2, 0.25) is 5.52 Å². The van der Waals surface area contributed by atoms with Crippen molar-refractivity contribution in [3.05, 3.63) is 101 Å².